The number of nitrogens with zero attached hydrogens (tertiary/aromatic N) is 3. The van der Waals surface area contributed by atoms with Crippen LogP contribution in [0.2, 0.25) is 0 Å². The first-order chi connectivity index (χ1) is 12.1. The molecular formula is C20H24N4O. The molecule has 3 aromatic rings. The van der Waals surface area contributed by atoms with Gasteiger partial charge in [-0.1, -0.05) is 30.3 Å². The number of benzene rings is 1. The number of H-pyrrole nitrogens is 1. The van der Waals surface area contributed by atoms with Crippen LogP contribution in [-0.4, -0.2) is 32.3 Å². The lowest BCUT2D eigenvalue weighted by Crippen LogP contribution is -2.37. The minimum Gasteiger partial charge on any atom is -0.336 e. The van der Waals surface area contributed by atoms with Crippen LogP contribution in [0.4, 0.5) is 0 Å². The molecule has 5 nitrogen and oxygen atoms in total. The molecule has 2 heterocycles. The molecule has 0 saturated carbocycles. The molecule has 1 aliphatic rings. The van der Waals surface area contributed by atoms with E-state index in [1.165, 1.54) is 5.56 Å². The number of rotatable bonds is 4. The van der Waals surface area contributed by atoms with E-state index in [1.54, 1.807) is 4.68 Å². The first-order valence-corrected chi connectivity index (χ1v) is 8.82. The maximum atomic E-state index is 12.9. The second-order valence-corrected chi connectivity index (χ2v) is 6.98. The Bertz CT molecular complexity index is 919. The average molecular weight is 336 g/mol. The van der Waals surface area contributed by atoms with Crippen LogP contribution in [0.3, 0.4) is 0 Å². The lowest BCUT2D eigenvalue weighted by Gasteiger charge is -2.30. The van der Waals surface area contributed by atoms with E-state index in [1.807, 2.05) is 36.0 Å². The SMILES string of the molecule is CN(Cc1ccccc1)C1CCc2[nH]n(-c3cccn3C)c(=O)c2C1. The Labute approximate surface area is 147 Å². The topological polar surface area (TPSA) is 46.0 Å². The average Bonchev–Trinajstić information content (AvgIpc) is 3.19. The molecule has 130 valence electrons. The van der Waals surface area contributed by atoms with Crippen molar-refractivity contribution in [2.45, 2.75) is 31.8 Å². The highest BCUT2D eigenvalue weighted by Crippen LogP contribution is 2.22. The molecule has 1 aliphatic carbocycles. The van der Waals surface area contributed by atoms with Crippen LogP contribution in [0, 0.1) is 0 Å². The number of fused-ring (bicyclic) bond motifs is 1. The second-order valence-electron chi connectivity index (χ2n) is 6.98. The molecule has 0 fully saturated rings. The monoisotopic (exact) mass is 336 g/mol. The molecule has 25 heavy (non-hydrogen) atoms. The molecule has 1 atom stereocenters. The molecule has 0 radical (unpaired) electrons. The van der Waals surface area contributed by atoms with Crippen molar-refractivity contribution in [3.63, 3.8) is 0 Å². The van der Waals surface area contributed by atoms with Crippen molar-refractivity contribution < 1.29 is 0 Å². The Morgan fingerprint density at radius 1 is 1.20 bits per heavy atom. The van der Waals surface area contributed by atoms with Crippen molar-refractivity contribution in [2.24, 2.45) is 7.05 Å². The Morgan fingerprint density at radius 2 is 2.00 bits per heavy atom. The second kappa shape index (κ2) is 6.41. The van der Waals surface area contributed by atoms with E-state index in [2.05, 4.69) is 41.3 Å². The third kappa shape index (κ3) is 2.96. The summed E-state index contributed by atoms with van der Waals surface area (Å²) in [7, 11) is 4.11. The van der Waals surface area contributed by atoms with Crippen molar-refractivity contribution in [3.8, 4) is 5.82 Å². The summed E-state index contributed by atoms with van der Waals surface area (Å²) in [5, 5.41) is 3.32. The number of aromatic amines is 1. The molecule has 2 aromatic heterocycles. The third-order valence-corrected chi connectivity index (χ3v) is 5.28. The lowest BCUT2D eigenvalue weighted by molar-refractivity contribution is 0.213. The van der Waals surface area contributed by atoms with Crippen LogP contribution < -0.4 is 5.56 Å². The summed E-state index contributed by atoms with van der Waals surface area (Å²) in [4.78, 5) is 15.3. The molecule has 0 spiro atoms. The quantitative estimate of drug-likeness (QED) is 0.796. The Balaban J connectivity index is 1.56. The van der Waals surface area contributed by atoms with E-state index in [0.29, 0.717) is 6.04 Å². The zero-order valence-corrected chi connectivity index (χ0v) is 14.8. The van der Waals surface area contributed by atoms with Gasteiger partial charge >= 0.3 is 0 Å². The first kappa shape index (κ1) is 16.0. The van der Waals surface area contributed by atoms with Gasteiger partial charge in [0.25, 0.3) is 5.56 Å². The van der Waals surface area contributed by atoms with Gasteiger partial charge in [-0.05, 0) is 44.0 Å². The lowest BCUT2D eigenvalue weighted by atomic mass is 9.92. The van der Waals surface area contributed by atoms with E-state index in [4.69, 9.17) is 0 Å². The summed E-state index contributed by atoms with van der Waals surface area (Å²) in [6.45, 7) is 0.914. The van der Waals surface area contributed by atoms with E-state index < -0.39 is 0 Å². The van der Waals surface area contributed by atoms with Crippen molar-refractivity contribution in [1.82, 2.24) is 19.2 Å². The van der Waals surface area contributed by atoms with Crippen LogP contribution in [0.5, 0.6) is 0 Å². The van der Waals surface area contributed by atoms with Crippen LogP contribution in [-0.2, 0) is 26.4 Å². The number of likely N-dealkylation sites (N-methyl/N-ethyl adjacent to an activating group) is 1. The predicted molar refractivity (Wildman–Crippen MR) is 99.1 cm³/mol. The molecule has 4 rings (SSSR count). The summed E-state index contributed by atoms with van der Waals surface area (Å²) in [5.41, 5.74) is 3.44. The van der Waals surface area contributed by atoms with Gasteiger partial charge in [-0.2, -0.15) is 0 Å². The van der Waals surface area contributed by atoms with E-state index in [-0.39, 0.29) is 5.56 Å². The molecule has 0 aliphatic heterocycles. The molecule has 0 amide bonds. The number of aryl methyl sites for hydroxylation is 2. The van der Waals surface area contributed by atoms with Crippen molar-refractivity contribution >= 4 is 0 Å². The van der Waals surface area contributed by atoms with Crippen LogP contribution in [0.25, 0.3) is 5.82 Å². The molecule has 1 unspecified atom stereocenters. The third-order valence-electron chi connectivity index (χ3n) is 5.28. The molecular weight excluding hydrogens is 312 g/mol. The smallest absolute Gasteiger partial charge is 0.276 e. The Morgan fingerprint density at radius 3 is 2.72 bits per heavy atom. The first-order valence-electron chi connectivity index (χ1n) is 8.82. The summed E-state index contributed by atoms with van der Waals surface area (Å²) >= 11 is 0. The standard InChI is InChI=1S/C20H24N4O/c1-22-12-6-9-19(22)24-20(25)17-13-16(10-11-18(17)21-24)23(2)14-15-7-4-3-5-8-15/h3-9,12,16,21H,10-11,13-14H2,1-2H3. The zero-order valence-electron chi connectivity index (χ0n) is 14.8. The van der Waals surface area contributed by atoms with Gasteiger partial charge in [0, 0.05) is 37.1 Å². The Kier molecular flexibility index (Phi) is 4.09. The van der Waals surface area contributed by atoms with Crippen LogP contribution in [0.15, 0.2) is 53.5 Å². The molecule has 1 aromatic carbocycles. The largest absolute Gasteiger partial charge is 0.336 e. The van der Waals surface area contributed by atoms with Crippen molar-refractivity contribution in [1.29, 1.82) is 0 Å². The minimum atomic E-state index is 0.0922. The highest BCUT2D eigenvalue weighted by molar-refractivity contribution is 5.30. The summed E-state index contributed by atoms with van der Waals surface area (Å²) in [6.07, 6.45) is 4.76. The number of hydrogen-bond acceptors (Lipinski definition) is 2. The van der Waals surface area contributed by atoms with E-state index >= 15 is 0 Å². The highest BCUT2D eigenvalue weighted by Gasteiger charge is 2.27. The molecule has 0 bridgehead atoms. The maximum Gasteiger partial charge on any atom is 0.276 e. The summed E-state index contributed by atoms with van der Waals surface area (Å²) in [6, 6.07) is 14.8. The van der Waals surface area contributed by atoms with E-state index in [0.717, 1.165) is 42.9 Å². The minimum absolute atomic E-state index is 0.0922. The zero-order chi connectivity index (χ0) is 17.4. The maximum absolute atomic E-state index is 12.9. The fraction of sp³-hybridized carbons (Fsp3) is 0.350. The molecule has 1 N–H and O–H groups in total. The van der Waals surface area contributed by atoms with E-state index in [9.17, 15) is 4.79 Å². The fourth-order valence-corrected chi connectivity index (χ4v) is 3.81. The van der Waals surface area contributed by atoms with Gasteiger partial charge in [0.1, 0.15) is 5.82 Å². The van der Waals surface area contributed by atoms with Gasteiger partial charge in [-0.3, -0.25) is 14.8 Å². The van der Waals surface area contributed by atoms with Gasteiger partial charge in [0.2, 0.25) is 0 Å². The van der Waals surface area contributed by atoms with Gasteiger partial charge in [-0.25, -0.2) is 4.68 Å². The van der Waals surface area contributed by atoms with Crippen LogP contribution in [0.1, 0.15) is 23.2 Å². The highest BCUT2D eigenvalue weighted by atomic mass is 16.1. The number of hydrogen-bond donors (Lipinski definition) is 1. The fourth-order valence-electron chi connectivity index (χ4n) is 3.81. The normalized spacial score (nSPS) is 17.0. The van der Waals surface area contributed by atoms with Gasteiger partial charge in [-0.15, -0.1) is 0 Å². The van der Waals surface area contributed by atoms with Gasteiger partial charge in [0.05, 0.1) is 0 Å². The summed E-state index contributed by atoms with van der Waals surface area (Å²) < 4.78 is 3.65. The summed E-state index contributed by atoms with van der Waals surface area (Å²) in [5.74, 6) is 0.883. The van der Waals surface area contributed by atoms with Crippen molar-refractivity contribution in [3.05, 3.63) is 75.8 Å². The van der Waals surface area contributed by atoms with Gasteiger partial charge in [0.15, 0.2) is 0 Å². The van der Waals surface area contributed by atoms with Gasteiger partial charge < -0.3 is 4.57 Å². The van der Waals surface area contributed by atoms with Crippen molar-refractivity contribution in [2.75, 3.05) is 7.05 Å². The molecule has 0 saturated heterocycles. The predicted octanol–water partition coefficient (Wildman–Crippen LogP) is 2.49. The van der Waals surface area contributed by atoms with Crippen LogP contribution >= 0.6 is 0 Å². The number of aromatic nitrogens is 3. The number of nitrogens with one attached hydrogen (secondary N) is 1. The molecule has 5 heteroatoms. The Hall–Kier alpha value is -2.53.